The number of nitrogens with zero attached hydrogens (tertiary/aromatic N) is 1. The Labute approximate surface area is 124 Å². The molecule has 0 spiro atoms. The fourth-order valence-electron chi connectivity index (χ4n) is 1.53. The summed E-state index contributed by atoms with van der Waals surface area (Å²) in [5, 5.41) is 10.4. The van der Waals surface area contributed by atoms with E-state index in [1.54, 1.807) is 36.6 Å². The summed E-state index contributed by atoms with van der Waals surface area (Å²) < 4.78 is 5.47. The first-order chi connectivity index (χ1) is 9.58. The number of hydrogen-bond acceptors (Lipinski definition) is 6. The van der Waals surface area contributed by atoms with Crippen molar-refractivity contribution in [2.24, 2.45) is 0 Å². The molecule has 0 saturated carbocycles. The second-order valence-corrected chi connectivity index (χ2v) is 5.53. The standard InChI is InChI=1S/C13H11NO4S2/c15-11(16)6-7-14-12(17)10(20-13(14)19)5-1-3-9-4-2-8-18-9/h1-5,8H,6-7H2,(H,15,16)/p-1/b3-1+,10-5-. The Morgan fingerprint density at radius 3 is 3.00 bits per heavy atom. The van der Waals surface area contributed by atoms with Crippen molar-refractivity contribution in [1.29, 1.82) is 0 Å². The number of hydrogen-bond donors (Lipinski definition) is 0. The maximum Gasteiger partial charge on any atom is 0.266 e. The molecule has 1 aromatic heterocycles. The Morgan fingerprint density at radius 1 is 1.55 bits per heavy atom. The Bertz CT molecular complexity index is 590. The van der Waals surface area contributed by atoms with Crippen LogP contribution in [0.4, 0.5) is 0 Å². The number of amides is 1. The van der Waals surface area contributed by atoms with Gasteiger partial charge in [-0.15, -0.1) is 0 Å². The third kappa shape index (κ3) is 3.58. The lowest BCUT2D eigenvalue weighted by Crippen LogP contribution is -2.33. The van der Waals surface area contributed by atoms with Crippen LogP contribution >= 0.6 is 24.0 Å². The molecule has 5 nitrogen and oxygen atoms in total. The quantitative estimate of drug-likeness (QED) is 0.600. The van der Waals surface area contributed by atoms with E-state index >= 15 is 0 Å². The average molecular weight is 308 g/mol. The van der Waals surface area contributed by atoms with Crippen LogP contribution in [0.2, 0.25) is 0 Å². The number of carboxylic acid groups (broad SMARTS) is 1. The Balaban J connectivity index is 2.01. The number of carbonyl (C=O) groups excluding carboxylic acids is 2. The SMILES string of the molecule is O=C([O-])CCN1C(=O)/C(=C/C=C/c2ccco2)SC1=S. The molecule has 1 amide bonds. The lowest BCUT2D eigenvalue weighted by Gasteiger charge is -2.14. The second kappa shape index (κ2) is 6.53. The van der Waals surface area contributed by atoms with Crippen LogP contribution in [0.25, 0.3) is 6.08 Å². The summed E-state index contributed by atoms with van der Waals surface area (Å²) in [5.41, 5.74) is 0. The van der Waals surface area contributed by atoms with Crippen molar-refractivity contribution in [3.8, 4) is 0 Å². The first-order valence-corrected chi connectivity index (χ1v) is 6.96. The lowest BCUT2D eigenvalue weighted by molar-refractivity contribution is -0.305. The van der Waals surface area contributed by atoms with Gasteiger partial charge < -0.3 is 14.3 Å². The van der Waals surface area contributed by atoms with E-state index in [0.717, 1.165) is 11.8 Å². The van der Waals surface area contributed by atoms with Crippen molar-refractivity contribution in [1.82, 2.24) is 4.90 Å². The first kappa shape index (κ1) is 14.5. The molecule has 0 radical (unpaired) electrons. The molecule has 0 N–H and O–H groups in total. The number of furan rings is 1. The Kier molecular flexibility index (Phi) is 4.75. The van der Waals surface area contributed by atoms with Crippen molar-refractivity contribution in [3.63, 3.8) is 0 Å². The van der Waals surface area contributed by atoms with E-state index in [-0.39, 0.29) is 18.9 Å². The van der Waals surface area contributed by atoms with Gasteiger partial charge in [-0.05, 0) is 24.3 Å². The summed E-state index contributed by atoms with van der Waals surface area (Å²) in [7, 11) is 0. The predicted molar refractivity (Wildman–Crippen MR) is 77.4 cm³/mol. The molecule has 1 fully saturated rings. The molecule has 1 aliphatic heterocycles. The minimum absolute atomic E-state index is 0.0340. The van der Waals surface area contributed by atoms with Gasteiger partial charge in [0.2, 0.25) is 0 Å². The van der Waals surface area contributed by atoms with E-state index in [9.17, 15) is 14.7 Å². The highest BCUT2D eigenvalue weighted by molar-refractivity contribution is 8.26. The monoisotopic (exact) mass is 308 g/mol. The third-order valence-electron chi connectivity index (χ3n) is 2.46. The molecule has 0 aliphatic carbocycles. The Morgan fingerprint density at radius 2 is 2.35 bits per heavy atom. The van der Waals surface area contributed by atoms with Crippen molar-refractivity contribution in [3.05, 3.63) is 41.2 Å². The summed E-state index contributed by atoms with van der Waals surface area (Å²) in [6, 6.07) is 3.55. The molecule has 0 aromatic carbocycles. The van der Waals surface area contributed by atoms with Crippen molar-refractivity contribution in [2.75, 3.05) is 6.54 Å². The molecular formula is C13H10NO4S2-. The van der Waals surface area contributed by atoms with Gasteiger partial charge in [0.1, 0.15) is 10.1 Å². The maximum atomic E-state index is 12.0. The van der Waals surface area contributed by atoms with E-state index in [1.165, 1.54) is 4.90 Å². The van der Waals surface area contributed by atoms with E-state index in [0.29, 0.717) is 15.0 Å². The second-order valence-electron chi connectivity index (χ2n) is 3.85. The largest absolute Gasteiger partial charge is 0.550 e. The van der Waals surface area contributed by atoms with E-state index in [1.807, 2.05) is 0 Å². The highest BCUT2D eigenvalue weighted by Gasteiger charge is 2.31. The number of carboxylic acids is 1. The van der Waals surface area contributed by atoms with Crippen LogP contribution in [-0.4, -0.2) is 27.6 Å². The van der Waals surface area contributed by atoms with Gasteiger partial charge in [-0.3, -0.25) is 9.69 Å². The van der Waals surface area contributed by atoms with Crippen LogP contribution in [0.15, 0.2) is 39.9 Å². The summed E-state index contributed by atoms with van der Waals surface area (Å²) in [6.45, 7) is 0.0340. The van der Waals surface area contributed by atoms with E-state index in [4.69, 9.17) is 16.6 Å². The number of allylic oxidation sites excluding steroid dienone is 2. The average Bonchev–Trinajstić information content (AvgIpc) is 2.98. The van der Waals surface area contributed by atoms with Gasteiger partial charge in [0.25, 0.3) is 5.91 Å². The van der Waals surface area contributed by atoms with Gasteiger partial charge >= 0.3 is 0 Å². The van der Waals surface area contributed by atoms with Crippen LogP contribution in [0.3, 0.4) is 0 Å². The predicted octanol–water partition coefficient (Wildman–Crippen LogP) is 1.18. The third-order valence-corrected chi connectivity index (χ3v) is 3.86. The molecule has 1 aliphatic rings. The van der Waals surface area contributed by atoms with Gasteiger partial charge in [0.05, 0.1) is 11.2 Å². The number of thiocarbonyl (C=S) groups is 1. The molecule has 1 saturated heterocycles. The molecular weight excluding hydrogens is 298 g/mol. The summed E-state index contributed by atoms with van der Waals surface area (Å²) >= 11 is 6.19. The topological polar surface area (TPSA) is 73.6 Å². The van der Waals surface area contributed by atoms with Crippen LogP contribution < -0.4 is 5.11 Å². The van der Waals surface area contributed by atoms with Crippen molar-refractivity contribution in [2.45, 2.75) is 6.42 Å². The molecule has 0 unspecified atom stereocenters. The van der Waals surface area contributed by atoms with Gasteiger partial charge in [-0.1, -0.05) is 30.1 Å². The zero-order chi connectivity index (χ0) is 14.5. The molecule has 1 aromatic rings. The molecule has 7 heteroatoms. The fourth-order valence-corrected chi connectivity index (χ4v) is 2.79. The lowest BCUT2D eigenvalue weighted by atomic mass is 10.3. The van der Waals surface area contributed by atoms with Crippen LogP contribution in [0.1, 0.15) is 12.2 Å². The first-order valence-electron chi connectivity index (χ1n) is 5.73. The van der Waals surface area contributed by atoms with Gasteiger partial charge in [0, 0.05) is 18.9 Å². The normalized spacial score (nSPS) is 17.6. The number of aliphatic carboxylic acids is 1. The summed E-state index contributed by atoms with van der Waals surface area (Å²) in [5.74, 6) is -0.820. The molecule has 0 atom stereocenters. The van der Waals surface area contributed by atoms with Crippen LogP contribution in [0, 0.1) is 0 Å². The molecule has 104 valence electrons. The zero-order valence-corrected chi connectivity index (χ0v) is 11.9. The minimum atomic E-state index is -1.21. The smallest absolute Gasteiger partial charge is 0.266 e. The van der Waals surface area contributed by atoms with Gasteiger partial charge in [-0.2, -0.15) is 0 Å². The summed E-state index contributed by atoms with van der Waals surface area (Å²) in [6.07, 6.45) is 6.35. The van der Waals surface area contributed by atoms with Gasteiger partial charge in [0.15, 0.2) is 0 Å². The van der Waals surface area contributed by atoms with E-state index < -0.39 is 5.97 Å². The summed E-state index contributed by atoms with van der Waals surface area (Å²) in [4.78, 5) is 24.1. The highest BCUT2D eigenvalue weighted by atomic mass is 32.2. The molecule has 0 bridgehead atoms. The maximum absolute atomic E-state index is 12.0. The zero-order valence-electron chi connectivity index (χ0n) is 10.3. The molecule has 20 heavy (non-hydrogen) atoms. The number of thioether (sulfide) groups is 1. The number of carbonyl (C=O) groups is 2. The molecule has 2 rings (SSSR count). The van der Waals surface area contributed by atoms with E-state index in [2.05, 4.69) is 0 Å². The number of rotatable bonds is 5. The van der Waals surface area contributed by atoms with Crippen LogP contribution in [-0.2, 0) is 9.59 Å². The highest BCUT2D eigenvalue weighted by Crippen LogP contribution is 2.30. The minimum Gasteiger partial charge on any atom is -0.550 e. The molecule has 2 heterocycles. The van der Waals surface area contributed by atoms with Crippen molar-refractivity contribution < 1.29 is 19.1 Å². The van der Waals surface area contributed by atoms with Crippen molar-refractivity contribution >= 4 is 46.3 Å². The van der Waals surface area contributed by atoms with Gasteiger partial charge in [-0.25, -0.2) is 0 Å². The van der Waals surface area contributed by atoms with Crippen LogP contribution in [0.5, 0.6) is 0 Å². The fraction of sp³-hybridized carbons (Fsp3) is 0.154. The Hall–Kier alpha value is -1.86.